The van der Waals surface area contributed by atoms with Crippen LogP contribution < -0.4 is 9.47 Å². The van der Waals surface area contributed by atoms with Crippen molar-refractivity contribution in [3.63, 3.8) is 0 Å². The Kier molecular flexibility index (Phi) is 7.38. The molecule has 0 saturated carbocycles. The molecule has 1 saturated heterocycles. The molecule has 32 heavy (non-hydrogen) atoms. The van der Waals surface area contributed by atoms with Crippen molar-refractivity contribution >= 4 is 5.97 Å². The second-order valence-corrected chi connectivity index (χ2v) is 7.04. The fourth-order valence-electron chi connectivity index (χ4n) is 3.19. The van der Waals surface area contributed by atoms with E-state index in [9.17, 15) is 35.4 Å². The van der Waals surface area contributed by atoms with Crippen LogP contribution >= 0.6 is 0 Å². The van der Waals surface area contributed by atoms with Gasteiger partial charge >= 0.3 is 5.97 Å². The molecule has 1 aliphatic rings. The van der Waals surface area contributed by atoms with Gasteiger partial charge in [-0.3, -0.25) is 0 Å². The number of aliphatic hydroxyl groups excluding tert-OH is 4. The summed E-state index contributed by atoms with van der Waals surface area (Å²) >= 11 is 0. The molecular formula is C21H24O11. The average Bonchev–Trinajstić information content (AvgIpc) is 2.78. The van der Waals surface area contributed by atoms with Crippen molar-refractivity contribution in [1.29, 1.82) is 0 Å². The van der Waals surface area contributed by atoms with Gasteiger partial charge in [0.2, 0.25) is 6.29 Å². The number of hydrogen-bond donors (Lipinski definition) is 6. The predicted molar refractivity (Wildman–Crippen MR) is 106 cm³/mol. The third-order valence-electron chi connectivity index (χ3n) is 4.92. The first kappa shape index (κ1) is 23.6. The van der Waals surface area contributed by atoms with Crippen LogP contribution in [0.5, 0.6) is 23.0 Å². The zero-order chi connectivity index (χ0) is 23.4. The van der Waals surface area contributed by atoms with Crippen molar-refractivity contribution in [3.8, 4) is 23.0 Å². The molecule has 5 atom stereocenters. The molecule has 1 unspecified atom stereocenters. The molecule has 2 aromatic rings. The van der Waals surface area contributed by atoms with Gasteiger partial charge in [0.1, 0.15) is 59.6 Å². The van der Waals surface area contributed by atoms with Crippen LogP contribution in [0.15, 0.2) is 36.4 Å². The van der Waals surface area contributed by atoms with Gasteiger partial charge in [-0.1, -0.05) is 6.07 Å². The normalized spacial score (nSPS) is 25.2. The summed E-state index contributed by atoms with van der Waals surface area (Å²) in [6, 6.07) is 8.10. The second kappa shape index (κ2) is 10.0. The molecule has 2 aromatic carbocycles. The van der Waals surface area contributed by atoms with Gasteiger partial charge < -0.3 is 49.6 Å². The molecule has 0 radical (unpaired) electrons. The average molecular weight is 452 g/mol. The number of phenolic OH excluding ortho intramolecular Hbond substituents is 2. The summed E-state index contributed by atoms with van der Waals surface area (Å²) in [4.78, 5) is 12.5. The third kappa shape index (κ3) is 4.87. The standard InChI is InChI=1S/C21H24O11/c1-29-14-4-2-3-12(24)16(14)20(28)30-9-10-7-11(23)5-6-13(10)31-21-19(27)18(26)17(25)15(8-22)32-21/h2-7,15,17-19,21-27H,8-9H2,1H3/t15-,17-,18+,19-,21?/m1/s1. The van der Waals surface area contributed by atoms with E-state index in [0.29, 0.717) is 0 Å². The van der Waals surface area contributed by atoms with Gasteiger partial charge in [0.25, 0.3) is 0 Å². The van der Waals surface area contributed by atoms with Gasteiger partial charge in [-0.05, 0) is 30.3 Å². The fourth-order valence-corrected chi connectivity index (χ4v) is 3.19. The molecule has 11 nitrogen and oxygen atoms in total. The molecule has 0 aromatic heterocycles. The Morgan fingerprint density at radius 1 is 1.03 bits per heavy atom. The van der Waals surface area contributed by atoms with E-state index in [4.69, 9.17) is 18.9 Å². The monoisotopic (exact) mass is 452 g/mol. The van der Waals surface area contributed by atoms with Crippen LogP contribution in [0.1, 0.15) is 15.9 Å². The third-order valence-corrected chi connectivity index (χ3v) is 4.92. The lowest BCUT2D eigenvalue weighted by Gasteiger charge is -2.39. The van der Waals surface area contributed by atoms with Gasteiger partial charge in [-0.15, -0.1) is 0 Å². The van der Waals surface area contributed by atoms with Crippen molar-refractivity contribution in [3.05, 3.63) is 47.5 Å². The number of aromatic hydroxyl groups is 2. The lowest BCUT2D eigenvalue weighted by Crippen LogP contribution is -2.60. The zero-order valence-electron chi connectivity index (χ0n) is 17.0. The molecule has 1 heterocycles. The lowest BCUT2D eigenvalue weighted by atomic mass is 9.99. The van der Waals surface area contributed by atoms with Crippen molar-refractivity contribution in [2.45, 2.75) is 37.3 Å². The Morgan fingerprint density at radius 2 is 1.78 bits per heavy atom. The summed E-state index contributed by atoms with van der Waals surface area (Å²) in [6.07, 6.45) is -7.49. The van der Waals surface area contributed by atoms with E-state index in [1.807, 2.05) is 0 Å². The highest BCUT2D eigenvalue weighted by Crippen LogP contribution is 2.31. The number of ether oxygens (including phenoxy) is 4. The molecule has 1 fully saturated rings. The predicted octanol–water partition coefficient (Wildman–Crippen LogP) is -0.358. The topological polar surface area (TPSA) is 175 Å². The Hall–Kier alpha value is -3.09. The molecule has 0 bridgehead atoms. The van der Waals surface area contributed by atoms with E-state index >= 15 is 0 Å². The minimum atomic E-state index is -1.65. The first-order valence-electron chi connectivity index (χ1n) is 9.59. The van der Waals surface area contributed by atoms with Crippen molar-refractivity contribution in [1.82, 2.24) is 0 Å². The molecule has 1 aliphatic heterocycles. The lowest BCUT2D eigenvalue weighted by molar-refractivity contribution is -0.277. The quantitative estimate of drug-likeness (QED) is 0.303. The van der Waals surface area contributed by atoms with E-state index < -0.39 is 49.9 Å². The summed E-state index contributed by atoms with van der Waals surface area (Å²) in [7, 11) is 1.33. The summed E-state index contributed by atoms with van der Waals surface area (Å²) in [6.45, 7) is -1.04. The molecule has 6 N–H and O–H groups in total. The van der Waals surface area contributed by atoms with Crippen LogP contribution in [0, 0.1) is 0 Å². The van der Waals surface area contributed by atoms with E-state index in [1.165, 1.54) is 43.5 Å². The zero-order valence-corrected chi connectivity index (χ0v) is 17.0. The smallest absolute Gasteiger partial charge is 0.346 e. The summed E-state index contributed by atoms with van der Waals surface area (Å²) in [5, 5.41) is 59.1. The minimum absolute atomic E-state index is 0.0316. The number of methoxy groups -OCH3 is 1. The maximum absolute atomic E-state index is 12.5. The molecular weight excluding hydrogens is 428 g/mol. The van der Waals surface area contributed by atoms with Gasteiger partial charge in [0.15, 0.2) is 0 Å². The highest BCUT2D eigenvalue weighted by atomic mass is 16.7. The van der Waals surface area contributed by atoms with Crippen LogP contribution in [0.2, 0.25) is 0 Å². The molecule has 0 aliphatic carbocycles. The number of aliphatic hydroxyl groups is 4. The molecule has 11 heteroatoms. The van der Waals surface area contributed by atoms with Crippen LogP contribution in [0.3, 0.4) is 0 Å². The Balaban J connectivity index is 1.78. The molecule has 0 spiro atoms. The van der Waals surface area contributed by atoms with Gasteiger partial charge in [-0.2, -0.15) is 0 Å². The maximum Gasteiger partial charge on any atom is 0.346 e. The number of benzene rings is 2. The van der Waals surface area contributed by atoms with E-state index in [1.54, 1.807) is 0 Å². The Morgan fingerprint density at radius 3 is 2.47 bits per heavy atom. The van der Waals surface area contributed by atoms with Crippen LogP contribution in [0.25, 0.3) is 0 Å². The number of rotatable bonds is 7. The fraction of sp³-hybridized carbons (Fsp3) is 0.381. The van der Waals surface area contributed by atoms with E-state index in [0.717, 1.165) is 0 Å². The number of esters is 1. The van der Waals surface area contributed by atoms with Crippen molar-refractivity contribution < 1.29 is 54.4 Å². The largest absolute Gasteiger partial charge is 0.508 e. The number of carbonyl (C=O) groups excluding carboxylic acids is 1. The highest BCUT2D eigenvalue weighted by Gasteiger charge is 2.44. The van der Waals surface area contributed by atoms with Gasteiger partial charge in [-0.25, -0.2) is 4.79 Å². The molecule has 3 rings (SSSR count). The number of phenols is 2. The van der Waals surface area contributed by atoms with E-state index in [-0.39, 0.29) is 34.1 Å². The number of hydrogen-bond acceptors (Lipinski definition) is 11. The summed E-state index contributed by atoms with van der Waals surface area (Å²) in [5.74, 6) is -1.28. The SMILES string of the molecule is COc1cccc(O)c1C(=O)OCc1cc(O)ccc1OC1O[C@H](CO)[C@@H](O)[C@H](O)[C@H]1O. The summed E-state index contributed by atoms with van der Waals surface area (Å²) in [5.41, 5.74) is -0.0174. The highest BCUT2D eigenvalue weighted by molar-refractivity contribution is 5.95. The van der Waals surface area contributed by atoms with Crippen LogP contribution in [-0.4, -0.2) is 81.0 Å². The van der Waals surface area contributed by atoms with Crippen molar-refractivity contribution in [2.75, 3.05) is 13.7 Å². The molecule has 0 amide bonds. The first-order chi connectivity index (χ1) is 15.3. The van der Waals surface area contributed by atoms with Gasteiger partial charge in [0.05, 0.1) is 13.7 Å². The Bertz CT molecular complexity index is 945. The Labute approximate surface area is 182 Å². The van der Waals surface area contributed by atoms with Gasteiger partial charge in [0, 0.05) is 5.56 Å². The van der Waals surface area contributed by atoms with Crippen molar-refractivity contribution in [2.24, 2.45) is 0 Å². The first-order valence-corrected chi connectivity index (χ1v) is 9.59. The van der Waals surface area contributed by atoms with Crippen LogP contribution in [-0.2, 0) is 16.1 Å². The van der Waals surface area contributed by atoms with Crippen LogP contribution in [0.4, 0.5) is 0 Å². The van der Waals surface area contributed by atoms with E-state index in [2.05, 4.69) is 0 Å². The number of carbonyl (C=O) groups is 1. The minimum Gasteiger partial charge on any atom is -0.508 e. The maximum atomic E-state index is 12.5. The second-order valence-electron chi connectivity index (χ2n) is 7.04. The molecule has 174 valence electrons. The summed E-state index contributed by atoms with van der Waals surface area (Å²) < 4.78 is 21.2.